The van der Waals surface area contributed by atoms with Crippen LogP contribution in [0, 0.1) is 5.92 Å². The van der Waals surface area contributed by atoms with Crippen molar-refractivity contribution in [3.05, 3.63) is 29.3 Å². The standard InChI is InChI=1S/C17H24ClN3O4S/c1-13(22)19-12-14-7-10-21(11-8-14)17(23)6-9-20-26(24,25)16-5-3-2-4-15(16)18/h2-5,14,20H,6-12H2,1H3,(H,19,22). The minimum absolute atomic E-state index is 0.00732. The molecule has 0 spiro atoms. The number of amides is 2. The van der Waals surface area contributed by atoms with Gasteiger partial charge in [-0.2, -0.15) is 0 Å². The van der Waals surface area contributed by atoms with Crippen LogP contribution >= 0.6 is 11.6 Å². The lowest BCUT2D eigenvalue weighted by Crippen LogP contribution is -2.42. The monoisotopic (exact) mass is 401 g/mol. The molecular weight excluding hydrogens is 378 g/mol. The van der Waals surface area contributed by atoms with Gasteiger partial charge in [-0.1, -0.05) is 23.7 Å². The van der Waals surface area contributed by atoms with Gasteiger partial charge >= 0.3 is 0 Å². The first kappa shape index (κ1) is 20.7. The Kier molecular flexibility index (Phi) is 7.43. The molecule has 1 aliphatic heterocycles. The van der Waals surface area contributed by atoms with Gasteiger partial charge in [-0.25, -0.2) is 13.1 Å². The average molecular weight is 402 g/mol. The molecule has 0 aromatic heterocycles. The van der Waals surface area contributed by atoms with Crippen molar-refractivity contribution in [3.8, 4) is 0 Å². The van der Waals surface area contributed by atoms with Gasteiger partial charge in [-0.3, -0.25) is 9.59 Å². The molecule has 1 saturated heterocycles. The Hall–Kier alpha value is -1.64. The minimum atomic E-state index is -3.73. The Bertz CT molecular complexity index is 746. The lowest BCUT2D eigenvalue weighted by molar-refractivity contribution is -0.132. The van der Waals surface area contributed by atoms with Crippen LogP contribution in [0.1, 0.15) is 26.2 Å². The topological polar surface area (TPSA) is 95.6 Å². The van der Waals surface area contributed by atoms with Crippen LogP contribution in [0.4, 0.5) is 0 Å². The maximum atomic E-state index is 12.3. The molecule has 144 valence electrons. The van der Waals surface area contributed by atoms with Crippen LogP contribution < -0.4 is 10.0 Å². The summed E-state index contributed by atoms with van der Waals surface area (Å²) in [6.07, 6.45) is 1.76. The number of hydrogen-bond donors (Lipinski definition) is 2. The summed E-state index contributed by atoms with van der Waals surface area (Å²) in [7, 11) is -3.73. The lowest BCUT2D eigenvalue weighted by atomic mass is 9.96. The van der Waals surface area contributed by atoms with Gasteiger partial charge in [0, 0.05) is 39.5 Å². The van der Waals surface area contributed by atoms with E-state index in [1.165, 1.54) is 19.1 Å². The number of halogens is 1. The van der Waals surface area contributed by atoms with Crippen molar-refractivity contribution in [2.75, 3.05) is 26.2 Å². The zero-order chi connectivity index (χ0) is 19.2. The third-order valence-electron chi connectivity index (χ3n) is 4.36. The van der Waals surface area contributed by atoms with Gasteiger partial charge in [-0.05, 0) is 30.9 Å². The molecule has 2 N–H and O–H groups in total. The molecule has 2 amide bonds. The summed E-state index contributed by atoms with van der Waals surface area (Å²) >= 11 is 5.91. The maximum absolute atomic E-state index is 12.3. The van der Waals surface area contributed by atoms with Crippen molar-refractivity contribution in [1.29, 1.82) is 0 Å². The maximum Gasteiger partial charge on any atom is 0.242 e. The molecule has 0 bridgehead atoms. The van der Waals surface area contributed by atoms with E-state index in [2.05, 4.69) is 10.0 Å². The van der Waals surface area contributed by atoms with E-state index in [4.69, 9.17) is 11.6 Å². The quantitative estimate of drug-likeness (QED) is 0.721. The molecule has 1 fully saturated rings. The highest BCUT2D eigenvalue weighted by molar-refractivity contribution is 7.89. The number of carbonyl (C=O) groups excluding carboxylic acids is 2. The molecule has 0 aliphatic carbocycles. The average Bonchev–Trinajstić information content (AvgIpc) is 2.60. The van der Waals surface area contributed by atoms with E-state index in [0.29, 0.717) is 25.6 Å². The fourth-order valence-electron chi connectivity index (χ4n) is 2.87. The SMILES string of the molecule is CC(=O)NCC1CCN(C(=O)CCNS(=O)(=O)c2ccccc2Cl)CC1. The van der Waals surface area contributed by atoms with Gasteiger partial charge in [-0.15, -0.1) is 0 Å². The van der Waals surface area contributed by atoms with Gasteiger partial charge in [0.15, 0.2) is 0 Å². The number of carbonyl (C=O) groups is 2. The number of hydrogen-bond acceptors (Lipinski definition) is 4. The third-order valence-corrected chi connectivity index (χ3v) is 6.32. The second kappa shape index (κ2) is 9.34. The second-order valence-corrected chi connectivity index (χ2v) is 8.48. The molecule has 1 aliphatic rings. The molecule has 9 heteroatoms. The van der Waals surface area contributed by atoms with Crippen LogP contribution in [0.3, 0.4) is 0 Å². The highest BCUT2D eigenvalue weighted by atomic mass is 35.5. The number of nitrogens with one attached hydrogen (secondary N) is 2. The second-order valence-electron chi connectivity index (χ2n) is 6.34. The molecule has 0 atom stereocenters. The summed E-state index contributed by atoms with van der Waals surface area (Å²) in [5.74, 6) is 0.251. The number of likely N-dealkylation sites (tertiary alicyclic amines) is 1. The fraction of sp³-hybridized carbons (Fsp3) is 0.529. The van der Waals surface area contributed by atoms with Crippen LogP contribution in [-0.2, 0) is 19.6 Å². The van der Waals surface area contributed by atoms with Gasteiger partial charge in [0.2, 0.25) is 21.8 Å². The molecule has 1 heterocycles. The van der Waals surface area contributed by atoms with Gasteiger partial charge in [0.1, 0.15) is 4.90 Å². The molecule has 1 aromatic rings. The van der Waals surface area contributed by atoms with E-state index in [0.717, 1.165) is 12.8 Å². The molecule has 0 saturated carbocycles. The van der Waals surface area contributed by atoms with Crippen LogP contribution in [0.25, 0.3) is 0 Å². The Morgan fingerprint density at radius 3 is 2.50 bits per heavy atom. The van der Waals surface area contributed by atoms with Crippen molar-refractivity contribution in [1.82, 2.24) is 14.9 Å². The molecule has 7 nitrogen and oxygen atoms in total. The largest absolute Gasteiger partial charge is 0.356 e. The summed E-state index contributed by atoms with van der Waals surface area (Å²) in [5.41, 5.74) is 0. The lowest BCUT2D eigenvalue weighted by Gasteiger charge is -2.32. The number of sulfonamides is 1. The normalized spacial score (nSPS) is 15.7. The van der Waals surface area contributed by atoms with Gasteiger partial charge in [0.25, 0.3) is 0 Å². The Morgan fingerprint density at radius 2 is 1.88 bits per heavy atom. The fourth-order valence-corrected chi connectivity index (χ4v) is 4.41. The highest BCUT2D eigenvalue weighted by Crippen LogP contribution is 2.20. The Labute approximate surface area is 159 Å². The van der Waals surface area contributed by atoms with Crippen molar-refractivity contribution in [3.63, 3.8) is 0 Å². The first-order valence-electron chi connectivity index (χ1n) is 8.56. The van der Waals surface area contributed by atoms with E-state index in [-0.39, 0.29) is 34.7 Å². The highest BCUT2D eigenvalue weighted by Gasteiger charge is 2.23. The minimum Gasteiger partial charge on any atom is -0.356 e. The first-order chi connectivity index (χ1) is 12.3. The van der Waals surface area contributed by atoms with Crippen molar-refractivity contribution in [2.45, 2.75) is 31.1 Å². The summed E-state index contributed by atoms with van der Waals surface area (Å²) < 4.78 is 26.9. The van der Waals surface area contributed by atoms with E-state index in [1.54, 1.807) is 17.0 Å². The number of rotatable bonds is 7. The van der Waals surface area contributed by atoms with E-state index < -0.39 is 10.0 Å². The van der Waals surface area contributed by atoms with Crippen molar-refractivity contribution in [2.24, 2.45) is 5.92 Å². The number of piperidine rings is 1. The van der Waals surface area contributed by atoms with Crippen molar-refractivity contribution < 1.29 is 18.0 Å². The van der Waals surface area contributed by atoms with E-state index in [1.807, 2.05) is 0 Å². The van der Waals surface area contributed by atoms with E-state index in [9.17, 15) is 18.0 Å². The zero-order valence-electron chi connectivity index (χ0n) is 14.7. The van der Waals surface area contributed by atoms with Crippen LogP contribution in [0.2, 0.25) is 5.02 Å². The number of benzene rings is 1. The molecule has 1 aromatic carbocycles. The predicted molar refractivity (Wildman–Crippen MR) is 99.2 cm³/mol. The molecule has 0 unspecified atom stereocenters. The van der Waals surface area contributed by atoms with Crippen LogP contribution in [0.15, 0.2) is 29.2 Å². The van der Waals surface area contributed by atoms with Crippen LogP contribution in [0.5, 0.6) is 0 Å². The Morgan fingerprint density at radius 1 is 1.23 bits per heavy atom. The first-order valence-corrected chi connectivity index (χ1v) is 10.4. The molecule has 0 radical (unpaired) electrons. The summed E-state index contributed by atoms with van der Waals surface area (Å²) in [6, 6.07) is 6.18. The van der Waals surface area contributed by atoms with Gasteiger partial charge in [0.05, 0.1) is 5.02 Å². The predicted octanol–water partition coefficient (Wildman–Crippen LogP) is 1.38. The summed E-state index contributed by atoms with van der Waals surface area (Å²) in [6.45, 7) is 3.40. The Balaban J connectivity index is 1.76. The van der Waals surface area contributed by atoms with Crippen LogP contribution in [-0.4, -0.2) is 51.3 Å². The van der Waals surface area contributed by atoms with Crippen molar-refractivity contribution >= 4 is 33.4 Å². The molecule has 2 rings (SSSR count). The molecule has 26 heavy (non-hydrogen) atoms. The summed E-state index contributed by atoms with van der Waals surface area (Å²) in [5, 5.41) is 2.95. The summed E-state index contributed by atoms with van der Waals surface area (Å²) in [4.78, 5) is 24.9. The third kappa shape index (κ3) is 5.96. The zero-order valence-corrected chi connectivity index (χ0v) is 16.3. The van der Waals surface area contributed by atoms with Gasteiger partial charge < -0.3 is 10.2 Å². The number of nitrogens with zero attached hydrogens (tertiary/aromatic N) is 1. The van der Waals surface area contributed by atoms with E-state index >= 15 is 0 Å². The smallest absolute Gasteiger partial charge is 0.242 e. The molecular formula is C17H24ClN3O4S.